The molecule has 0 saturated carbocycles. The van der Waals surface area contributed by atoms with Gasteiger partial charge >= 0.3 is 0 Å². The summed E-state index contributed by atoms with van der Waals surface area (Å²) < 4.78 is 30.6. The van der Waals surface area contributed by atoms with Gasteiger partial charge in [0.15, 0.2) is 5.82 Å². The van der Waals surface area contributed by atoms with Crippen LogP contribution in [0.1, 0.15) is 48.7 Å². The van der Waals surface area contributed by atoms with Crippen molar-refractivity contribution >= 4 is 10.0 Å². The summed E-state index contributed by atoms with van der Waals surface area (Å²) in [5.74, 6) is 0.483. The first-order valence-corrected chi connectivity index (χ1v) is 13.4. The number of benzene rings is 1. The number of aryl methyl sites for hydroxylation is 3. The van der Waals surface area contributed by atoms with E-state index in [0.717, 1.165) is 17.8 Å². The maximum Gasteiger partial charge on any atom is 0.244 e. The van der Waals surface area contributed by atoms with Gasteiger partial charge in [-0.1, -0.05) is 18.6 Å². The molecule has 1 N–H and O–H groups in total. The number of nitrogens with one attached hydrogen (secondary N) is 1. The third kappa shape index (κ3) is 5.06. The molecule has 1 saturated heterocycles. The number of hydrogen-bond acceptors (Lipinski definition) is 6. The highest BCUT2D eigenvalue weighted by Crippen LogP contribution is 2.24. The molecule has 34 heavy (non-hydrogen) atoms. The van der Waals surface area contributed by atoms with E-state index in [4.69, 9.17) is 0 Å². The van der Waals surface area contributed by atoms with Crippen LogP contribution in [0.25, 0.3) is 17.1 Å². The third-order valence-corrected chi connectivity index (χ3v) is 8.51. The predicted molar refractivity (Wildman–Crippen MR) is 134 cm³/mol. The number of likely N-dealkylation sites (tertiary alicyclic amines) is 1. The van der Waals surface area contributed by atoms with Crippen LogP contribution >= 0.6 is 0 Å². The molecule has 0 amide bonds. The second-order valence-electron chi connectivity index (χ2n) is 9.27. The molecule has 9 heteroatoms. The van der Waals surface area contributed by atoms with Gasteiger partial charge in [0.1, 0.15) is 4.90 Å². The van der Waals surface area contributed by atoms with Gasteiger partial charge in [0.2, 0.25) is 10.0 Å². The summed E-state index contributed by atoms with van der Waals surface area (Å²) in [5.41, 5.74) is 5.13. The van der Waals surface area contributed by atoms with Crippen LogP contribution in [0.5, 0.6) is 0 Å². The highest BCUT2D eigenvalue weighted by molar-refractivity contribution is 7.89. The van der Waals surface area contributed by atoms with Crippen molar-refractivity contribution in [2.45, 2.75) is 64.8 Å². The van der Waals surface area contributed by atoms with E-state index in [9.17, 15) is 8.42 Å². The Bertz CT molecular complexity index is 1270. The first-order chi connectivity index (χ1) is 16.2. The van der Waals surface area contributed by atoms with Crippen LogP contribution in [-0.4, -0.2) is 59.0 Å². The van der Waals surface area contributed by atoms with Gasteiger partial charge in [0.25, 0.3) is 0 Å². The molecule has 0 unspecified atom stereocenters. The smallest absolute Gasteiger partial charge is 0.244 e. The molecule has 1 aromatic carbocycles. The summed E-state index contributed by atoms with van der Waals surface area (Å²) in [6, 6.07) is 10.4. The summed E-state index contributed by atoms with van der Waals surface area (Å²) in [7, 11) is -3.70. The van der Waals surface area contributed by atoms with Gasteiger partial charge in [0.05, 0.1) is 17.1 Å². The van der Waals surface area contributed by atoms with Crippen LogP contribution in [0, 0.1) is 27.7 Å². The minimum atomic E-state index is -3.70. The number of nitrogens with zero attached hydrogens (tertiary/aromatic N) is 5. The molecule has 0 spiro atoms. The zero-order valence-electron chi connectivity index (χ0n) is 20.7. The van der Waals surface area contributed by atoms with Gasteiger partial charge in [-0.15, -0.1) is 10.2 Å². The van der Waals surface area contributed by atoms with E-state index < -0.39 is 10.0 Å². The van der Waals surface area contributed by atoms with Crippen molar-refractivity contribution in [1.82, 2.24) is 29.6 Å². The van der Waals surface area contributed by atoms with Gasteiger partial charge in [0, 0.05) is 24.7 Å². The SMILES string of the molecule is Cc1ccc(-c2ccc(-n3nc(C)c(S(=O)(=O)NCCN4CCCC[C@@H]4C)c3C)nn2)cc1C. The van der Waals surface area contributed by atoms with Crippen LogP contribution in [0.4, 0.5) is 0 Å². The lowest BCUT2D eigenvalue weighted by Gasteiger charge is -2.33. The molecule has 0 aliphatic carbocycles. The summed E-state index contributed by atoms with van der Waals surface area (Å²) in [4.78, 5) is 2.56. The predicted octanol–water partition coefficient (Wildman–Crippen LogP) is 3.72. The van der Waals surface area contributed by atoms with Gasteiger partial charge in [-0.05, 0) is 83.3 Å². The van der Waals surface area contributed by atoms with E-state index in [0.29, 0.717) is 36.3 Å². The van der Waals surface area contributed by atoms with Crippen LogP contribution in [0.3, 0.4) is 0 Å². The third-order valence-electron chi connectivity index (χ3n) is 6.80. The zero-order chi connectivity index (χ0) is 24.5. The first-order valence-electron chi connectivity index (χ1n) is 11.9. The Morgan fingerprint density at radius 1 is 1.03 bits per heavy atom. The van der Waals surface area contributed by atoms with Gasteiger partial charge in [-0.25, -0.2) is 17.8 Å². The Hall–Kier alpha value is -2.62. The average Bonchev–Trinajstić information content (AvgIpc) is 3.11. The van der Waals surface area contributed by atoms with Crippen molar-refractivity contribution in [2.75, 3.05) is 19.6 Å². The molecule has 3 aromatic rings. The highest BCUT2D eigenvalue weighted by atomic mass is 32.2. The molecule has 1 aliphatic heterocycles. The topological polar surface area (TPSA) is 93.0 Å². The van der Waals surface area contributed by atoms with Crippen molar-refractivity contribution in [3.8, 4) is 17.1 Å². The van der Waals surface area contributed by atoms with Gasteiger partial charge < -0.3 is 0 Å². The van der Waals surface area contributed by atoms with Crippen LogP contribution in [0.15, 0.2) is 35.2 Å². The van der Waals surface area contributed by atoms with E-state index in [1.54, 1.807) is 18.5 Å². The maximum atomic E-state index is 13.1. The van der Waals surface area contributed by atoms with Crippen molar-refractivity contribution in [2.24, 2.45) is 0 Å². The maximum absolute atomic E-state index is 13.1. The fraction of sp³-hybridized carbons (Fsp3) is 0.480. The molecule has 182 valence electrons. The van der Waals surface area contributed by atoms with Gasteiger partial charge in [-0.2, -0.15) is 5.10 Å². The quantitative estimate of drug-likeness (QED) is 0.552. The normalized spacial score (nSPS) is 17.3. The Morgan fingerprint density at radius 2 is 1.82 bits per heavy atom. The first kappa shape index (κ1) is 24.5. The Morgan fingerprint density at radius 3 is 2.50 bits per heavy atom. The molecule has 2 aromatic heterocycles. The average molecular weight is 483 g/mol. The molecule has 1 aliphatic rings. The van der Waals surface area contributed by atoms with E-state index in [2.05, 4.69) is 57.8 Å². The number of rotatable bonds is 7. The lowest BCUT2D eigenvalue weighted by atomic mass is 10.0. The van der Waals surface area contributed by atoms with Gasteiger partial charge in [-0.3, -0.25) is 4.90 Å². The molecular weight excluding hydrogens is 448 g/mol. The Labute approximate surface area is 202 Å². The fourth-order valence-corrected chi connectivity index (χ4v) is 6.03. The standard InChI is InChI=1S/C25H34N6O2S/c1-17-9-10-22(16-18(17)2)23-11-12-24(28-27-23)31-21(5)25(20(4)29-31)34(32,33)26-13-15-30-14-7-6-8-19(30)3/h9-12,16,19,26H,6-8,13-15H2,1-5H3/t19-/m0/s1. The molecule has 0 radical (unpaired) electrons. The minimum absolute atomic E-state index is 0.208. The summed E-state index contributed by atoms with van der Waals surface area (Å²) >= 11 is 0. The van der Waals surface area contributed by atoms with Crippen LogP contribution in [-0.2, 0) is 10.0 Å². The van der Waals surface area contributed by atoms with Crippen molar-refractivity contribution < 1.29 is 8.42 Å². The molecule has 4 rings (SSSR count). The molecule has 1 fully saturated rings. The number of hydrogen-bond donors (Lipinski definition) is 1. The Kier molecular flexibility index (Phi) is 7.16. The minimum Gasteiger partial charge on any atom is -0.299 e. The second-order valence-corrected chi connectivity index (χ2v) is 11.0. The molecule has 8 nitrogen and oxygen atoms in total. The highest BCUT2D eigenvalue weighted by Gasteiger charge is 2.26. The largest absolute Gasteiger partial charge is 0.299 e. The fourth-order valence-electron chi connectivity index (χ4n) is 4.62. The molecule has 1 atom stereocenters. The van der Waals surface area contributed by atoms with Crippen LogP contribution in [0.2, 0.25) is 0 Å². The molecule has 0 bridgehead atoms. The Balaban J connectivity index is 1.51. The van der Waals surface area contributed by atoms with Crippen molar-refractivity contribution in [3.05, 3.63) is 52.8 Å². The van der Waals surface area contributed by atoms with Crippen molar-refractivity contribution in [1.29, 1.82) is 0 Å². The second kappa shape index (κ2) is 9.93. The number of piperidine rings is 1. The summed E-state index contributed by atoms with van der Waals surface area (Å²) in [6.07, 6.45) is 3.59. The molecular formula is C25H34N6O2S. The number of aromatic nitrogens is 4. The summed E-state index contributed by atoms with van der Waals surface area (Å²) in [5, 5.41) is 13.2. The monoisotopic (exact) mass is 482 g/mol. The van der Waals surface area contributed by atoms with Crippen molar-refractivity contribution in [3.63, 3.8) is 0 Å². The van der Waals surface area contributed by atoms with E-state index in [-0.39, 0.29) is 4.90 Å². The van der Waals surface area contributed by atoms with Crippen LogP contribution < -0.4 is 4.72 Å². The van der Waals surface area contributed by atoms with E-state index in [1.165, 1.54) is 30.4 Å². The number of sulfonamides is 1. The van der Waals surface area contributed by atoms with E-state index in [1.807, 2.05) is 18.2 Å². The lowest BCUT2D eigenvalue weighted by molar-refractivity contribution is 0.164. The zero-order valence-corrected chi connectivity index (χ0v) is 21.5. The molecule has 3 heterocycles. The van der Waals surface area contributed by atoms with E-state index >= 15 is 0 Å². The lowest BCUT2D eigenvalue weighted by Crippen LogP contribution is -2.42. The summed E-state index contributed by atoms with van der Waals surface area (Å²) in [6.45, 7) is 11.9.